The van der Waals surface area contributed by atoms with Gasteiger partial charge in [-0.3, -0.25) is 4.79 Å². The highest BCUT2D eigenvalue weighted by Gasteiger charge is 2.08. The highest BCUT2D eigenvalue weighted by atomic mass is 79.9. The quantitative estimate of drug-likeness (QED) is 0.669. The van der Waals surface area contributed by atoms with E-state index in [2.05, 4.69) is 51.7 Å². The van der Waals surface area contributed by atoms with Gasteiger partial charge in [-0.15, -0.1) is 0 Å². The minimum absolute atomic E-state index is 0.0594. The van der Waals surface area contributed by atoms with Crippen LogP contribution in [0, 0.1) is 0 Å². The van der Waals surface area contributed by atoms with Gasteiger partial charge >= 0.3 is 0 Å². The van der Waals surface area contributed by atoms with Gasteiger partial charge < -0.3 is 15.5 Å². The summed E-state index contributed by atoms with van der Waals surface area (Å²) in [5.74, 6) is 0.0594. The van der Waals surface area contributed by atoms with Gasteiger partial charge in [-0.1, -0.05) is 35.8 Å². The molecular weight excluding hydrogens is 330 g/mol. The van der Waals surface area contributed by atoms with Crippen molar-refractivity contribution in [1.82, 2.24) is 10.6 Å². The standard InChI is InChI=1S/C16H26BrN3O/c1-4-8-18-11-13-6-7-14(10-15(13)17)20(3)12-16(21)19-9-5-2/h6-7,10,18H,4-5,8-9,11-12H2,1-3H3,(H,19,21). The summed E-state index contributed by atoms with van der Waals surface area (Å²) in [4.78, 5) is 13.7. The lowest BCUT2D eigenvalue weighted by molar-refractivity contribution is -0.119. The average Bonchev–Trinajstić information content (AvgIpc) is 2.46. The Balaban J connectivity index is 2.58. The summed E-state index contributed by atoms with van der Waals surface area (Å²) in [7, 11) is 1.93. The zero-order valence-corrected chi connectivity index (χ0v) is 14.8. The van der Waals surface area contributed by atoms with Crippen molar-refractivity contribution in [3.05, 3.63) is 28.2 Å². The third-order valence-corrected chi connectivity index (χ3v) is 3.91. The molecule has 1 aromatic carbocycles. The lowest BCUT2D eigenvalue weighted by Gasteiger charge is -2.20. The molecule has 0 saturated heterocycles. The summed E-state index contributed by atoms with van der Waals surface area (Å²) in [5.41, 5.74) is 2.27. The van der Waals surface area contributed by atoms with Crippen LogP contribution in [0.1, 0.15) is 32.3 Å². The van der Waals surface area contributed by atoms with Crippen LogP contribution in [0.25, 0.3) is 0 Å². The number of nitrogens with zero attached hydrogens (tertiary/aromatic N) is 1. The van der Waals surface area contributed by atoms with Crippen molar-refractivity contribution in [3.63, 3.8) is 0 Å². The molecule has 5 heteroatoms. The van der Waals surface area contributed by atoms with E-state index in [4.69, 9.17) is 0 Å². The van der Waals surface area contributed by atoms with Gasteiger partial charge in [-0.25, -0.2) is 0 Å². The Kier molecular flexibility index (Phi) is 8.38. The molecule has 0 aromatic heterocycles. The van der Waals surface area contributed by atoms with E-state index in [-0.39, 0.29) is 5.91 Å². The first kappa shape index (κ1) is 18.0. The van der Waals surface area contributed by atoms with E-state index in [1.54, 1.807) is 0 Å². The number of nitrogens with one attached hydrogen (secondary N) is 2. The molecule has 118 valence electrons. The van der Waals surface area contributed by atoms with E-state index in [1.807, 2.05) is 18.9 Å². The Labute approximate surface area is 136 Å². The van der Waals surface area contributed by atoms with E-state index in [0.29, 0.717) is 6.54 Å². The fraction of sp³-hybridized carbons (Fsp3) is 0.562. The predicted octanol–water partition coefficient (Wildman–Crippen LogP) is 2.91. The molecule has 1 amide bonds. The van der Waals surface area contributed by atoms with Crippen molar-refractivity contribution in [2.75, 3.05) is 31.6 Å². The lowest BCUT2D eigenvalue weighted by Crippen LogP contribution is -2.35. The van der Waals surface area contributed by atoms with Crippen molar-refractivity contribution in [3.8, 4) is 0 Å². The molecule has 0 aliphatic rings. The third kappa shape index (κ3) is 6.48. The van der Waals surface area contributed by atoms with Crippen LogP contribution in [-0.4, -0.2) is 32.6 Å². The van der Waals surface area contributed by atoms with Crippen LogP contribution in [0.15, 0.2) is 22.7 Å². The first-order chi connectivity index (χ1) is 10.1. The molecule has 21 heavy (non-hydrogen) atoms. The second-order valence-electron chi connectivity index (χ2n) is 5.16. The number of likely N-dealkylation sites (N-methyl/N-ethyl adjacent to an activating group) is 1. The molecule has 0 fully saturated rings. The van der Waals surface area contributed by atoms with Crippen LogP contribution in [-0.2, 0) is 11.3 Å². The molecule has 4 nitrogen and oxygen atoms in total. The van der Waals surface area contributed by atoms with Gasteiger partial charge in [0.05, 0.1) is 6.54 Å². The van der Waals surface area contributed by atoms with Gasteiger partial charge in [0.15, 0.2) is 0 Å². The van der Waals surface area contributed by atoms with Crippen molar-refractivity contribution in [2.24, 2.45) is 0 Å². The molecule has 0 spiro atoms. The van der Waals surface area contributed by atoms with Crippen LogP contribution < -0.4 is 15.5 Å². The third-order valence-electron chi connectivity index (χ3n) is 3.17. The number of carbonyl (C=O) groups excluding carboxylic acids is 1. The number of hydrogen-bond acceptors (Lipinski definition) is 3. The molecule has 2 N–H and O–H groups in total. The van der Waals surface area contributed by atoms with Crippen LogP contribution in [0.2, 0.25) is 0 Å². The van der Waals surface area contributed by atoms with Crippen molar-refractivity contribution in [1.29, 1.82) is 0 Å². The average molecular weight is 356 g/mol. The monoisotopic (exact) mass is 355 g/mol. The van der Waals surface area contributed by atoms with Gasteiger partial charge in [0.1, 0.15) is 0 Å². The van der Waals surface area contributed by atoms with Gasteiger partial charge in [0, 0.05) is 30.3 Å². The SMILES string of the molecule is CCCNCc1ccc(N(C)CC(=O)NCCC)cc1Br. The van der Waals surface area contributed by atoms with Crippen molar-refractivity contribution in [2.45, 2.75) is 33.2 Å². The van der Waals surface area contributed by atoms with Gasteiger partial charge in [-0.2, -0.15) is 0 Å². The summed E-state index contributed by atoms with van der Waals surface area (Å²) < 4.78 is 1.07. The zero-order chi connectivity index (χ0) is 15.7. The number of amides is 1. The maximum absolute atomic E-state index is 11.7. The molecule has 1 aromatic rings. The molecule has 1 rings (SSSR count). The molecule has 0 aliphatic heterocycles. The second kappa shape index (κ2) is 9.79. The fourth-order valence-electron chi connectivity index (χ4n) is 1.94. The molecule has 0 saturated carbocycles. The Bertz CT molecular complexity index is 451. The van der Waals surface area contributed by atoms with E-state index in [1.165, 1.54) is 5.56 Å². The fourth-order valence-corrected chi connectivity index (χ4v) is 2.45. The van der Waals surface area contributed by atoms with Crippen LogP contribution in [0.5, 0.6) is 0 Å². The number of carbonyl (C=O) groups is 1. The summed E-state index contributed by atoms with van der Waals surface area (Å²) in [6, 6.07) is 6.22. The Morgan fingerprint density at radius 2 is 1.95 bits per heavy atom. The van der Waals surface area contributed by atoms with E-state index in [0.717, 1.165) is 42.6 Å². The van der Waals surface area contributed by atoms with Crippen LogP contribution in [0.4, 0.5) is 5.69 Å². The topological polar surface area (TPSA) is 44.4 Å². The zero-order valence-electron chi connectivity index (χ0n) is 13.2. The number of hydrogen-bond donors (Lipinski definition) is 2. The van der Waals surface area contributed by atoms with E-state index < -0.39 is 0 Å². The van der Waals surface area contributed by atoms with E-state index >= 15 is 0 Å². The van der Waals surface area contributed by atoms with E-state index in [9.17, 15) is 4.79 Å². The molecule has 0 bridgehead atoms. The highest BCUT2D eigenvalue weighted by molar-refractivity contribution is 9.10. The lowest BCUT2D eigenvalue weighted by atomic mass is 10.2. The molecule has 0 aliphatic carbocycles. The number of halogens is 1. The first-order valence-electron chi connectivity index (χ1n) is 7.55. The molecule has 0 heterocycles. The first-order valence-corrected chi connectivity index (χ1v) is 8.34. The Morgan fingerprint density at radius 1 is 1.24 bits per heavy atom. The number of anilines is 1. The molecule has 0 unspecified atom stereocenters. The van der Waals surface area contributed by atoms with Crippen LogP contribution >= 0.6 is 15.9 Å². The van der Waals surface area contributed by atoms with Gasteiger partial charge in [-0.05, 0) is 37.1 Å². The smallest absolute Gasteiger partial charge is 0.239 e. The number of benzene rings is 1. The van der Waals surface area contributed by atoms with Gasteiger partial charge in [0.25, 0.3) is 0 Å². The van der Waals surface area contributed by atoms with Crippen molar-refractivity contribution < 1.29 is 4.79 Å². The summed E-state index contributed by atoms with van der Waals surface area (Å²) >= 11 is 3.61. The predicted molar refractivity (Wildman–Crippen MR) is 92.7 cm³/mol. The van der Waals surface area contributed by atoms with Crippen LogP contribution in [0.3, 0.4) is 0 Å². The van der Waals surface area contributed by atoms with Crippen molar-refractivity contribution >= 4 is 27.5 Å². The second-order valence-corrected chi connectivity index (χ2v) is 6.01. The highest BCUT2D eigenvalue weighted by Crippen LogP contribution is 2.23. The minimum atomic E-state index is 0.0594. The maximum Gasteiger partial charge on any atom is 0.239 e. The summed E-state index contributed by atoms with van der Waals surface area (Å²) in [5, 5.41) is 6.28. The molecule has 0 atom stereocenters. The summed E-state index contributed by atoms with van der Waals surface area (Å²) in [6.07, 6.45) is 2.09. The maximum atomic E-state index is 11.7. The largest absolute Gasteiger partial charge is 0.365 e. The molecule has 0 radical (unpaired) electrons. The Hall–Kier alpha value is -1.07. The minimum Gasteiger partial charge on any atom is -0.365 e. The normalized spacial score (nSPS) is 10.5. The number of rotatable bonds is 9. The molecular formula is C16H26BrN3O. The van der Waals surface area contributed by atoms with Gasteiger partial charge in [0.2, 0.25) is 5.91 Å². The Morgan fingerprint density at radius 3 is 2.57 bits per heavy atom. The summed E-state index contributed by atoms with van der Waals surface area (Å²) in [6.45, 7) is 7.19.